The highest BCUT2D eigenvalue weighted by Crippen LogP contribution is 2.41. The minimum absolute atomic E-state index is 0.168. The first-order valence-electron chi connectivity index (χ1n) is 7.69. The average molecular weight is 395 g/mol. The monoisotopic (exact) mass is 394 g/mol. The minimum atomic E-state index is -0.231. The molecule has 0 aliphatic heterocycles. The second kappa shape index (κ2) is 8.29. The van der Waals surface area contributed by atoms with Crippen LogP contribution in [0.3, 0.4) is 0 Å². The number of nitrogens with zero attached hydrogens (tertiary/aromatic N) is 2. The van der Waals surface area contributed by atoms with Crippen molar-refractivity contribution in [2.24, 2.45) is 0 Å². The Bertz CT molecular complexity index is 751. The molecule has 3 rings (SSSR count). The van der Waals surface area contributed by atoms with Gasteiger partial charge in [0.1, 0.15) is 11.6 Å². The van der Waals surface area contributed by atoms with E-state index in [-0.39, 0.29) is 22.1 Å². The third kappa shape index (κ3) is 5.03. The zero-order valence-electron chi connectivity index (χ0n) is 13.6. The van der Waals surface area contributed by atoms with Crippen LogP contribution in [0.25, 0.3) is 0 Å². The van der Waals surface area contributed by atoms with Crippen molar-refractivity contribution in [1.29, 1.82) is 0 Å². The molecule has 0 saturated carbocycles. The number of hydrogen-bond acceptors (Lipinski definition) is 5. The summed E-state index contributed by atoms with van der Waals surface area (Å²) in [6, 6.07) is 13.0. The summed E-state index contributed by atoms with van der Waals surface area (Å²) in [6.07, 6.45) is 0. The fourth-order valence-electron chi connectivity index (χ4n) is 2.20. The lowest BCUT2D eigenvalue weighted by Crippen LogP contribution is -1.88. The molecule has 0 bridgehead atoms. The average Bonchev–Trinajstić information content (AvgIpc) is 3.02. The Hall–Kier alpha value is -1.44. The molecular weight excluding hydrogens is 378 g/mol. The van der Waals surface area contributed by atoms with Crippen LogP contribution in [0.15, 0.2) is 57.2 Å². The van der Waals surface area contributed by atoms with E-state index in [1.165, 1.54) is 24.3 Å². The van der Waals surface area contributed by atoms with Gasteiger partial charge in [0.05, 0.1) is 0 Å². The summed E-state index contributed by atoms with van der Waals surface area (Å²) in [7, 11) is 0. The molecule has 0 saturated heterocycles. The van der Waals surface area contributed by atoms with Crippen molar-refractivity contribution in [3.05, 3.63) is 71.3 Å². The topological polar surface area (TPSA) is 25.8 Å². The third-order valence-electron chi connectivity index (χ3n) is 3.62. The molecule has 2 unspecified atom stereocenters. The summed E-state index contributed by atoms with van der Waals surface area (Å²) in [4.78, 5) is 0. The molecule has 3 aromatic rings. The molecule has 1 aromatic heterocycles. The van der Waals surface area contributed by atoms with Gasteiger partial charge in [0.15, 0.2) is 8.68 Å². The van der Waals surface area contributed by atoms with Gasteiger partial charge in [-0.3, -0.25) is 0 Å². The second-order valence-corrected chi connectivity index (χ2v) is 9.61. The lowest BCUT2D eigenvalue weighted by Gasteiger charge is -2.09. The second-order valence-electron chi connectivity index (χ2n) is 5.46. The standard InChI is InChI=1S/C18H16F2N2S3/c1-11(13-3-7-15(19)8-4-13)23-17-21-22-18(25-17)24-12(2)14-5-9-16(20)10-6-14/h3-12H,1-2H3. The van der Waals surface area contributed by atoms with E-state index in [9.17, 15) is 8.78 Å². The van der Waals surface area contributed by atoms with Crippen LogP contribution in [0.2, 0.25) is 0 Å². The van der Waals surface area contributed by atoms with E-state index in [0.29, 0.717) is 0 Å². The summed E-state index contributed by atoms with van der Waals surface area (Å²) < 4.78 is 27.8. The van der Waals surface area contributed by atoms with Crippen LogP contribution in [0, 0.1) is 11.6 Å². The van der Waals surface area contributed by atoms with Gasteiger partial charge in [0, 0.05) is 10.5 Å². The first-order valence-corrected chi connectivity index (χ1v) is 10.3. The van der Waals surface area contributed by atoms with Crippen molar-refractivity contribution in [2.45, 2.75) is 33.0 Å². The summed E-state index contributed by atoms with van der Waals surface area (Å²) >= 11 is 4.76. The maximum atomic E-state index is 13.0. The number of halogens is 2. The van der Waals surface area contributed by atoms with Gasteiger partial charge in [-0.05, 0) is 49.2 Å². The molecule has 0 radical (unpaired) electrons. The highest BCUT2D eigenvalue weighted by atomic mass is 32.2. The summed E-state index contributed by atoms with van der Waals surface area (Å²) in [5, 5.41) is 8.81. The number of aromatic nitrogens is 2. The van der Waals surface area contributed by atoms with Crippen LogP contribution >= 0.6 is 34.9 Å². The van der Waals surface area contributed by atoms with Crippen molar-refractivity contribution in [3.63, 3.8) is 0 Å². The van der Waals surface area contributed by atoms with Crippen molar-refractivity contribution in [2.75, 3.05) is 0 Å². The van der Waals surface area contributed by atoms with E-state index in [1.54, 1.807) is 59.1 Å². The predicted octanol–water partition coefficient (Wildman–Crippen LogP) is 6.52. The molecule has 130 valence electrons. The maximum absolute atomic E-state index is 13.0. The van der Waals surface area contributed by atoms with Crippen LogP contribution in [-0.2, 0) is 0 Å². The first kappa shape index (κ1) is 18.4. The molecule has 1 heterocycles. The molecule has 0 aliphatic carbocycles. The van der Waals surface area contributed by atoms with Crippen molar-refractivity contribution in [3.8, 4) is 0 Å². The van der Waals surface area contributed by atoms with Gasteiger partial charge < -0.3 is 0 Å². The van der Waals surface area contributed by atoms with E-state index in [4.69, 9.17) is 0 Å². The van der Waals surface area contributed by atoms with E-state index >= 15 is 0 Å². The van der Waals surface area contributed by atoms with Crippen LogP contribution in [0.5, 0.6) is 0 Å². The van der Waals surface area contributed by atoms with Gasteiger partial charge in [0.2, 0.25) is 0 Å². The molecule has 0 N–H and O–H groups in total. The van der Waals surface area contributed by atoms with Gasteiger partial charge in [-0.15, -0.1) is 10.2 Å². The Balaban J connectivity index is 1.62. The molecule has 2 aromatic carbocycles. The SMILES string of the molecule is CC(Sc1nnc(SC(C)c2ccc(F)cc2)s1)c1ccc(F)cc1. The molecule has 0 fully saturated rings. The van der Waals surface area contributed by atoms with Crippen LogP contribution in [-0.4, -0.2) is 10.2 Å². The van der Waals surface area contributed by atoms with Gasteiger partial charge in [-0.2, -0.15) is 0 Å². The predicted molar refractivity (Wildman–Crippen MR) is 101 cm³/mol. The van der Waals surface area contributed by atoms with Crippen molar-refractivity contribution in [1.82, 2.24) is 10.2 Å². The molecule has 2 atom stereocenters. The molecule has 2 nitrogen and oxygen atoms in total. The number of rotatable bonds is 6. The largest absolute Gasteiger partial charge is 0.207 e. The first-order chi connectivity index (χ1) is 12.0. The van der Waals surface area contributed by atoms with Gasteiger partial charge >= 0.3 is 0 Å². The number of hydrogen-bond donors (Lipinski definition) is 0. The Kier molecular flexibility index (Phi) is 6.09. The zero-order chi connectivity index (χ0) is 17.8. The normalized spacial score (nSPS) is 13.6. The van der Waals surface area contributed by atoms with E-state index in [2.05, 4.69) is 24.0 Å². The Morgan fingerprint density at radius 2 is 1.08 bits per heavy atom. The highest BCUT2D eigenvalue weighted by Gasteiger charge is 2.15. The fraction of sp³-hybridized carbons (Fsp3) is 0.222. The maximum Gasteiger partial charge on any atom is 0.175 e. The molecule has 0 amide bonds. The van der Waals surface area contributed by atoms with Gasteiger partial charge in [0.25, 0.3) is 0 Å². The molecular formula is C18H16F2N2S3. The molecule has 0 aliphatic rings. The lowest BCUT2D eigenvalue weighted by atomic mass is 10.2. The molecule has 7 heteroatoms. The van der Waals surface area contributed by atoms with Crippen LogP contribution in [0.4, 0.5) is 8.78 Å². The molecule has 25 heavy (non-hydrogen) atoms. The summed E-state index contributed by atoms with van der Waals surface area (Å²) in [5.41, 5.74) is 2.10. The van der Waals surface area contributed by atoms with E-state index in [0.717, 1.165) is 19.8 Å². The van der Waals surface area contributed by atoms with Crippen LogP contribution in [0.1, 0.15) is 35.5 Å². The smallest absolute Gasteiger partial charge is 0.175 e. The zero-order valence-corrected chi connectivity index (χ0v) is 16.1. The van der Waals surface area contributed by atoms with Crippen molar-refractivity contribution >= 4 is 34.9 Å². The number of thioether (sulfide) groups is 2. The Morgan fingerprint density at radius 3 is 1.44 bits per heavy atom. The van der Waals surface area contributed by atoms with Gasteiger partial charge in [-0.1, -0.05) is 59.1 Å². The van der Waals surface area contributed by atoms with Crippen LogP contribution < -0.4 is 0 Å². The third-order valence-corrected chi connectivity index (χ3v) is 7.03. The lowest BCUT2D eigenvalue weighted by molar-refractivity contribution is 0.626. The van der Waals surface area contributed by atoms with Crippen molar-refractivity contribution < 1.29 is 8.78 Å². The minimum Gasteiger partial charge on any atom is -0.207 e. The summed E-state index contributed by atoms with van der Waals surface area (Å²) in [6.45, 7) is 4.13. The highest BCUT2D eigenvalue weighted by molar-refractivity contribution is 8.03. The van der Waals surface area contributed by atoms with Gasteiger partial charge in [-0.25, -0.2) is 8.78 Å². The Labute approximate surface area is 158 Å². The Morgan fingerprint density at radius 1 is 0.720 bits per heavy atom. The van der Waals surface area contributed by atoms with E-state index < -0.39 is 0 Å². The quantitative estimate of drug-likeness (QED) is 0.444. The fourth-order valence-corrected chi connectivity index (χ4v) is 5.76. The summed E-state index contributed by atoms with van der Waals surface area (Å²) in [5.74, 6) is -0.462. The van der Waals surface area contributed by atoms with E-state index in [1.807, 2.05) is 0 Å². The molecule has 0 spiro atoms. The number of benzene rings is 2.